The number of carbonyl (C=O) groups excluding carboxylic acids is 1. The Morgan fingerprint density at radius 1 is 1.26 bits per heavy atom. The monoisotopic (exact) mass is 332 g/mol. The lowest BCUT2D eigenvalue weighted by molar-refractivity contribution is -0.385. The molecule has 0 saturated carbocycles. The summed E-state index contributed by atoms with van der Waals surface area (Å²) < 4.78 is 0. The van der Waals surface area contributed by atoms with Crippen LogP contribution in [0.15, 0.2) is 48.5 Å². The molecular formula is C17H17ClN2O3. The Morgan fingerprint density at radius 2 is 1.96 bits per heavy atom. The van der Waals surface area contributed by atoms with Gasteiger partial charge < -0.3 is 5.32 Å². The molecule has 0 spiro atoms. The van der Waals surface area contributed by atoms with Gasteiger partial charge in [0.2, 0.25) is 0 Å². The molecule has 0 fully saturated rings. The van der Waals surface area contributed by atoms with E-state index in [1.54, 1.807) is 0 Å². The third-order valence-corrected chi connectivity index (χ3v) is 3.72. The van der Waals surface area contributed by atoms with E-state index < -0.39 is 10.8 Å². The van der Waals surface area contributed by atoms with Crippen molar-refractivity contribution in [2.24, 2.45) is 0 Å². The highest BCUT2D eigenvalue weighted by atomic mass is 35.5. The second kappa shape index (κ2) is 7.74. The number of benzene rings is 2. The van der Waals surface area contributed by atoms with Crippen LogP contribution in [-0.4, -0.2) is 16.9 Å². The van der Waals surface area contributed by atoms with Gasteiger partial charge in [-0.15, -0.1) is 0 Å². The number of nitrogens with zero attached hydrogens (tertiary/aromatic N) is 1. The van der Waals surface area contributed by atoms with Gasteiger partial charge in [-0.05, 0) is 37.5 Å². The van der Waals surface area contributed by atoms with Crippen molar-refractivity contribution in [1.82, 2.24) is 5.32 Å². The largest absolute Gasteiger partial charge is 0.349 e. The molecule has 1 amide bonds. The van der Waals surface area contributed by atoms with Crippen molar-refractivity contribution in [3.63, 3.8) is 0 Å². The Hall–Kier alpha value is -2.40. The van der Waals surface area contributed by atoms with E-state index >= 15 is 0 Å². The van der Waals surface area contributed by atoms with Crippen LogP contribution in [0, 0.1) is 10.1 Å². The molecule has 0 unspecified atom stereocenters. The standard InChI is InChI=1S/C17H17ClN2O3/c1-12(7-8-13-5-3-2-4-6-13)19-17(21)15-11-14(18)9-10-16(15)20(22)23/h2-6,9-12H,7-8H2,1H3,(H,19,21)/t12-/m1/s1. The van der Waals surface area contributed by atoms with E-state index in [1.807, 2.05) is 37.3 Å². The van der Waals surface area contributed by atoms with Crippen molar-refractivity contribution < 1.29 is 9.72 Å². The third-order valence-electron chi connectivity index (χ3n) is 3.49. The smallest absolute Gasteiger partial charge is 0.282 e. The predicted octanol–water partition coefficient (Wildman–Crippen LogP) is 4.00. The summed E-state index contributed by atoms with van der Waals surface area (Å²) >= 11 is 5.84. The third kappa shape index (κ3) is 4.79. The zero-order valence-electron chi connectivity index (χ0n) is 12.7. The maximum Gasteiger partial charge on any atom is 0.282 e. The Bertz CT molecular complexity index is 704. The Kier molecular flexibility index (Phi) is 5.71. The molecular weight excluding hydrogens is 316 g/mol. The molecule has 1 atom stereocenters. The zero-order chi connectivity index (χ0) is 16.8. The number of carbonyl (C=O) groups is 1. The fraction of sp³-hybridized carbons (Fsp3) is 0.235. The second-order valence-corrected chi connectivity index (χ2v) is 5.75. The van der Waals surface area contributed by atoms with E-state index in [2.05, 4.69) is 5.32 Å². The minimum atomic E-state index is -0.583. The molecule has 23 heavy (non-hydrogen) atoms. The lowest BCUT2D eigenvalue weighted by Crippen LogP contribution is -2.33. The van der Waals surface area contributed by atoms with Gasteiger partial charge in [-0.2, -0.15) is 0 Å². The first-order valence-electron chi connectivity index (χ1n) is 7.26. The summed E-state index contributed by atoms with van der Waals surface area (Å²) in [5, 5.41) is 14.1. The van der Waals surface area contributed by atoms with Gasteiger partial charge in [0, 0.05) is 17.1 Å². The fourth-order valence-electron chi connectivity index (χ4n) is 2.25. The average Bonchev–Trinajstić information content (AvgIpc) is 2.53. The maximum atomic E-state index is 12.3. The number of amides is 1. The van der Waals surface area contributed by atoms with Gasteiger partial charge in [-0.1, -0.05) is 41.9 Å². The number of halogens is 1. The molecule has 0 heterocycles. The Morgan fingerprint density at radius 3 is 2.61 bits per heavy atom. The summed E-state index contributed by atoms with van der Waals surface area (Å²) in [5.41, 5.74) is 0.915. The number of nitro groups is 1. The molecule has 6 heteroatoms. The second-order valence-electron chi connectivity index (χ2n) is 5.32. The minimum Gasteiger partial charge on any atom is -0.349 e. The van der Waals surface area contributed by atoms with Crippen molar-refractivity contribution in [3.05, 3.63) is 74.8 Å². The number of nitro benzene ring substituents is 1. The average molecular weight is 333 g/mol. The molecule has 0 radical (unpaired) electrons. The molecule has 1 N–H and O–H groups in total. The lowest BCUT2D eigenvalue weighted by Gasteiger charge is -2.14. The maximum absolute atomic E-state index is 12.3. The number of nitrogens with one attached hydrogen (secondary N) is 1. The van der Waals surface area contributed by atoms with Gasteiger partial charge in [-0.3, -0.25) is 14.9 Å². The first-order valence-corrected chi connectivity index (χ1v) is 7.64. The van der Waals surface area contributed by atoms with Crippen LogP contribution in [0.25, 0.3) is 0 Å². The van der Waals surface area contributed by atoms with E-state index in [0.29, 0.717) is 0 Å². The van der Waals surface area contributed by atoms with Crippen LogP contribution >= 0.6 is 11.6 Å². The van der Waals surface area contributed by atoms with Crippen molar-refractivity contribution in [2.75, 3.05) is 0 Å². The molecule has 0 aliphatic heterocycles. The lowest BCUT2D eigenvalue weighted by atomic mass is 10.1. The summed E-state index contributed by atoms with van der Waals surface area (Å²) in [4.78, 5) is 22.7. The Balaban J connectivity index is 2.01. The summed E-state index contributed by atoms with van der Waals surface area (Å²) in [6, 6.07) is 13.8. The van der Waals surface area contributed by atoms with Crippen LogP contribution in [0.5, 0.6) is 0 Å². The van der Waals surface area contributed by atoms with Gasteiger partial charge in [0.1, 0.15) is 5.56 Å². The summed E-state index contributed by atoms with van der Waals surface area (Å²) in [6.45, 7) is 1.87. The molecule has 2 aromatic rings. The predicted molar refractivity (Wildman–Crippen MR) is 89.8 cm³/mol. The van der Waals surface area contributed by atoms with Gasteiger partial charge in [0.05, 0.1) is 4.92 Å². The summed E-state index contributed by atoms with van der Waals surface area (Å²) in [6.07, 6.45) is 1.56. The summed E-state index contributed by atoms with van der Waals surface area (Å²) in [7, 11) is 0. The molecule has 2 rings (SSSR count). The van der Waals surface area contributed by atoms with E-state index in [-0.39, 0.29) is 22.3 Å². The van der Waals surface area contributed by atoms with Gasteiger partial charge in [-0.25, -0.2) is 0 Å². The van der Waals surface area contributed by atoms with Crippen molar-refractivity contribution in [3.8, 4) is 0 Å². The van der Waals surface area contributed by atoms with Crippen LogP contribution in [0.1, 0.15) is 29.3 Å². The van der Waals surface area contributed by atoms with Crippen molar-refractivity contribution in [1.29, 1.82) is 0 Å². The summed E-state index contributed by atoms with van der Waals surface area (Å²) in [5.74, 6) is -0.486. The van der Waals surface area contributed by atoms with Gasteiger partial charge in [0.25, 0.3) is 11.6 Å². The molecule has 0 aromatic heterocycles. The first-order chi connectivity index (χ1) is 11.0. The molecule has 5 nitrogen and oxygen atoms in total. The van der Waals surface area contributed by atoms with Crippen LogP contribution in [-0.2, 0) is 6.42 Å². The molecule has 0 aliphatic rings. The number of aryl methyl sites for hydroxylation is 1. The highest BCUT2D eigenvalue weighted by Gasteiger charge is 2.21. The molecule has 2 aromatic carbocycles. The fourth-order valence-corrected chi connectivity index (χ4v) is 2.42. The van der Waals surface area contributed by atoms with Gasteiger partial charge >= 0.3 is 0 Å². The van der Waals surface area contributed by atoms with Crippen molar-refractivity contribution in [2.45, 2.75) is 25.8 Å². The van der Waals surface area contributed by atoms with E-state index in [4.69, 9.17) is 11.6 Å². The molecule has 0 saturated heterocycles. The van der Waals surface area contributed by atoms with Crippen molar-refractivity contribution >= 4 is 23.2 Å². The quantitative estimate of drug-likeness (QED) is 0.642. The molecule has 120 valence electrons. The van der Waals surface area contributed by atoms with Crippen LogP contribution in [0.4, 0.5) is 5.69 Å². The first kappa shape index (κ1) is 17.0. The topological polar surface area (TPSA) is 72.2 Å². The molecule has 0 aliphatic carbocycles. The number of rotatable bonds is 6. The highest BCUT2D eigenvalue weighted by Crippen LogP contribution is 2.22. The van der Waals surface area contributed by atoms with E-state index in [1.165, 1.54) is 23.8 Å². The SMILES string of the molecule is C[C@H](CCc1ccccc1)NC(=O)c1cc(Cl)ccc1[N+](=O)[O-]. The van der Waals surface area contributed by atoms with E-state index in [9.17, 15) is 14.9 Å². The van der Waals surface area contributed by atoms with Crippen LogP contribution in [0.2, 0.25) is 5.02 Å². The molecule has 0 bridgehead atoms. The van der Waals surface area contributed by atoms with Crippen LogP contribution < -0.4 is 5.32 Å². The van der Waals surface area contributed by atoms with Crippen LogP contribution in [0.3, 0.4) is 0 Å². The number of hydrogen-bond donors (Lipinski definition) is 1. The highest BCUT2D eigenvalue weighted by molar-refractivity contribution is 6.31. The number of hydrogen-bond acceptors (Lipinski definition) is 3. The van der Waals surface area contributed by atoms with E-state index in [0.717, 1.165) is 12.8 Å². The zero-order valence-corrected chi connectivity index (χ0v) is 13.4. The Labute approximate surface area is 139 Å². The normalized spacial score (nSPS) is 11.7. The minimum absolute atomic E-state index is 0.0194. The van der Waals surface area contributed by atoms with Gasteiger partial charge in [0.15, 0.2) is 0 Å².